The van der Waals surface area contributed by atoms with Gasteiger partial charge in [-0.1, -0.05) is 5.16 Å². The molecule has 1 aromatic carbocycles. The van der Waals surface area contributed by atoms with Crippen molar-refractivity contribution in [1.29, 1.82) is 0 Å². The van der Waals surface area contributed by atoms with Gasteiger partial charge in [-0.25, -0.2) is 0 Å². The Kier molecular flexibility index (Phi) is 6.42. The maximum Gasteiger partial charge on any atom is 0.325 e. The molecule has 2 aromatic rings. The van der Waals surface area contributed by atoms with E-state index in [1.165, 1.54) is 33.5 Å². The molecule has 9 nitrogen and oxygen atoms in total. The van der Waals surface area contributed by atoms with E-state index in [9.17, 15) is 9.59 Å². The molecule has 140 valence electrons. The summed E-state index contributed by atoms with van der Waals surface area (Å²) in [6.07, 6.45) is 0. The minimum Gasteiger partial charge on any atom is -0.493 e. The van der Waals surface area contributed by atoms with E-state index in [1.54, 1.807) is 13.0 Å². The maximum absolute atomic E-state index is 12.3. The average Bonchev–Trinajstić information content (AvgIpc) is 3.08. The lowest BCUT2D eigenvalue weighted by molar-refractivity contribution is -0.143. The van der Waals surface area contributed by atoms with Crippen molar-refractivity contribution in [1.82, 2.24) is 10.5 Å². The number of nitrogens with zero attached hydrogens (tertiary/aromatic N) is 1. The first-order valence-corrected chi connectivity index (χ1v) is 7.64. The van der Waals surface area contributed by atoms with E-state index in [-0.39, 0.29) is 18.7 Å². The summed E-state index contributed by atoms with van der Waals surface area (Å²) in [5, 5.41) is 6.18. The number of nitrogens with one attached hydrogen (secondary N) is 1. The highest BCUT2D eigenvalue weighted by atomic mass is 16.5. The topological polar surface area (TPSA) is 109 Å². The van der Waals surface area contributed by atoms with Crippen LogP contribution in [0.5, 0.6) is 17.2 Å². The molecule has 0 spiro atoms. The summed E-state index contributed by atoms with van der Waals surface area (Å²) in [6, 6.07) is 4.63. The van der Waals surface area contributed by atoms with Crippen LogP contribution in [0.15, 0.2) is 22.7 Å². The van der Waals surface area contributed by atoms with Crippen LogP contribution in [0.4, 0.5) is 0 Å². The number of esters is 1. The second-order valence-electron chi connectivity index (χ2n) is 5.19. The minimum atomic E-state index is -0.605. The number of hydrogen-bond acceptors (Lipinski definition) is 8. The third-order valence-electron chi connectivity index (χ3n) is 3.38. The van der Waals surface area contributed by atoms with Crippen molar-refractivity contribution >= 4 is 11.9 Å². The van der Waals surface area contributed by atoms with Crippen molar-refractivity contribution in [2.75, 3.05) is 27.9 Å². The highest BCUT2D eigenvalue weighted by Crippen LogP contribution is 2.38. The van der Waals surface area contributed by atoms with E-state index in [0.717, 1.165) is 0 Å². The zero-order valence-corrected chi connectivity index (χ0v) is 15.0. The fourth-order valence-corrected chi connectivity index (χ4v) is 2.16. The molecule has 9 heteroatoms. The van der Waals surface area contributed by atoms with E-state index < -0.39 is 11.9 Å². The van der Waals surface area contributed by atoms with Crippen molar-refractivity contribution in [2.24, 2.45) is 0 Å². The van der Waals surface area contributed by atoms with Gasteiger partial charge in [-0.15, -0.1) is 0 Å². The van der Waals surface area contributed by atoms with Crippen molar-refractivity contribution in [3.8, 4) is 17.2 Å². The summed E-state index contributed by atoms with van der Waals surface area (Å²) in [6.45, 7) is 1.40. The first-order valence-electron chi connectivity index (χ1n) is 7.64. The molecule has 0 aliphatic heterocycles. The lowest BCUT2D eigenvalue weighted by atomic mass is 10.1. The van der Waals surface area contributed by atoms with Gasteiger partial charge in [0.05, 0.1) is 21.3 Å². The molecule has 1 aromatic heterocycles. The number of aromatic nitrogens is 1. The normalized spacial score (nSPS) is 10.2. The monoisotopic (exact) mass is 364 g/mol. The molecule has 1 N–H and O–H groups in total. The zero-order chi connectivity index (χ0) is 19.1. The van der Waals surface area contributed by atoms with Crippen molar-refractivity contribution < 1.29 is 33.1 Å². The highest BCUT2D eigenvalue weighted by Gasteiger charge is 2.17. The van der Waals surface area contributed by atoms with E-state index >= 15 is 0 Å². The van der Waals surface area contributed by atoms with Gasteiger partial charge in [0, 0.05) is 11.6 Å². The molecular weight excluding hydrogens is 344 g/mol. The average molecular weight is 364 g/mol. The molecule has 0 aliphatic carbocycles. The van der Waals surface area contributed by atoms with Gasteiger partial charge in [0.25, 0.3) is 5.91 Å². The lowest BCUT2D eigenvalue weighted by Crippen LogP contribution is -2.30. The molecule has 0 bridgehead atoms. The number of rotatable bonds is 8. The Balaban J connectivity index is 1.95. The molecule has 1 heterocycles. The lowest BCUT2D eigenvalue weighted by Gasteiger charge is -2.14. The molecule has 0 saturated heterocycles. The van der Waals surface area contributed by atoms with Gasteiger partial charge in [0.2, 0.25) is 5.75 Å². The Labute approximate surface area is 150 Å². The number of methoxy groups -OCH3 is 3. The number of amides is 1. The third-order valence-corrected chi connectivity index (χ3v) is 3.38. The van der Waals surface area contributed by atoms with Gasteiger partial charge >= 0.3 is 5.97 Å². The minimum absolute atomic E-state index is 0.0315. The number of hydrogen-bond donors (Lipinski definition) is 1. The highest BCUT2D eigenvalue weighted by molar-refractivity contribution is 5.97. The molecule has 0 aliphatic rings. The quantitative estimate of drug-likeness (QED) is 0.702. The van der Waals surface area contributed by atoms with Gasteiger partial charge in [0.1, 0.15) is 24.6 Å². The fraction of sp³-hybridized carbons (Fsp3) is 0.353. The van der Waals surface area contributed by atoms with Gasteiger partial charge in [0.15, 0.2) is 11.5 Å². The molecule has 0 atom stereocenters. The SMILES string of the molecule is COc1cc(C(=O)NCC(=O)OCc2cc(C)on2)cc(OC)c1OC. The Bertz CT molecular complexity index is 760. The van der Waals surface area contributed by atoms with Gasteiger partial charge in [-0.3, -0.25) is 9.59 Å². The van der Waals surface area contributed by atoms with Crippen LogP contribution in [0.2, 0.25) is 0 Å². The van der Waals surface area contributed by atoms with Crippen molar-refractivity contribution in [3.63, 3.8) is 0 Å². The zero-order valence-electron chi connectivity index (χ0n) is 15.0. The summed E-state index contributed by atoms with van der Waals surface area (Å²) in [5.41, 5.74) is 0.742. The second kappa shape index (κ2) is 8.75. The number of carbonyl (C=O) groups is 2. The van der Waals surface area contributed by atoms with Crippen LogP contribution >= 0.6 is 0 Å². The molecule has 0 radical (unpaired) electrons. The van der Waals surface area contributed by atoms with Gasteiger partial charge in [-0.2, -0.15) is 0 Å². The Morgan fingerprint density at radius 2 is 1.73 bits per heavy atom. The number of ether oxygens (including phenoxy) is 4. The van der Waals surface area contributed by atoms with Crippen LogP contribution in [0.3, 0.4) is 0 Å². The van der Waals surface area contributed by atoms with E-state index in [1.807, 2.05) is 0 Å². The predicted molar refractivity (Wildman–Crippen MR) is 89.5 cm³/mol. The van der Waals surface area contributed by atoms with Crippen LogP contribution in [-0.4, -0.2) is 44.9 Å². The summed E-state index contributed by atoms with van der Waals surface area (Å²) in [4.78, 5) is 24.0. The van der Waals surface area contributed by atoms with Crippen LogP contribution in [0.25, 0.3) is 0 Å². The number of benzene rings is 1. The maximum atomic E-state index is 12.3. The summed E-state index contributed by atoms with van der Waals surface area (Å²) in [5.74, 6) is 0.563. The Morgan fingerprint density at radius 3 is 2.23 bits per heavy atom. The predicted octanol–water partition coefficient (Wildman–Crippen LogP) is 1.48. The van der Waals surface area contributed by atoms with Crippen LogP contribution in [0.1, 0.15) is 21.8 Å². The molecule has 2 rings (SSSR count). The molecular formula is C17H20N2O7. The van der Waals surface area contributed by atoms with Crippen LogP contribution in [0, 0.1) is 6.92 Å². The molecule has 0 saturated carbocycles. The Hall–Kier alpha value is -3.23. The standard InChI is InChI=1S/C17H20N2O7/c1-10-5-12(19-26-10)9-25-15(20)8-18-17(21)11-6-13(22-2)16(24-4)14(7-11)23-3/h5-7H,8-9H2,1-4H3,(H,18,21). The molecule has 1 amide bonds. The Morgan fingerprint density at radius 1 is 1.08 bits per heavy atom. The van der Waals surface area contributed by atoms with Crippen LogP contribution < -0.4 is 19.5 Å². The fourth-order valence-electron chi connectivity index (χ4n) is 2.16. The van der Waals surface area contributed by atoms with Gasteiger partial charge < -0.3 is 28.8 Å². The summed E-state index contributed by atoms with van der Waals surface area (Å²) < 4.78 is 25.5. The number of carbonyl (C=O) groups excluding carboxylic acids is 2. The van der Waals surface area contributed by atoms with Crippen LogP contribution in [-0.2, 0) is 16.1 Å². The molecule has 0 fully saturated rings. The van der Waals surface area contributed by atoms with E-state index in [2.05, 4.69) is 10.5 Å². The van der Waals surface area contributed by atoms with Crippen molar-refractivity contribution in [2.45, 2.75) is 13.5 Å². The largest absolute Gasteiger partial charge is 0.493 e. The van der Waals surface area contributed by atoms with Gasteiger partial charge in [-0.05, 0) is 19.1 Å². The van der Waals surface area contributed by atoms with E-state index in [4.69, 9.17) is 23.5 Å². The van der Waals surface area contributed by atoms with Crippen molar-refractivity contribution in [3.05, 3.63) is 35.2 Å². The smallest absolute Gasteiger partial charge is 0.325 e. The first kappa shape index (κ1) is 19.1. The number of aryl methyl sites for hydroxylation is 1. The molecule has 0 unspecified atom stereocenters. The summed E-state index contributed by atoms with van der Waals surface area (Å²) in [7, 11) is 4.36. The second-order valence-corrected chi connectivity index (χ2v) is 5.19. The summed E-state index contributed by atoms with van der Waals surface area (Å²) >= 11 is 0. The van der Waals surface area contributed by atoms with E-state index in [0.29, 0.717) is 28.7 Å². The molecule has 26 heavy (non-hydrogen) atoms. The third kappa shape index (κ3) is 4.65. The first-order chi connectivity index (χ1) is 12.5.